The van der Waals surface area contributed by atoms with E-state index in [1.54, 1.807) is 19.4 Å². The van der Waals surface area contributed by atoms with Gasteiger partial charge in [0.2, 0.25) is 5.91 Å². The van der Waals surface area contributed by atoms with Crippen LogP contribution in [-0.4, -0.2) is 50.1 Å². The van der Waals surface area contributed by atoms with Gasteiger partial charge in [0.25, 0.3) is 0 Å². The second kappa shape index (κ2) is 9.82. The number of aliphatic imine (C=N–C) groups is 1. The standard InChI is InChI=1S/C21H28N4O3/c1-3-22-21(24-14-20(26)23-13-19-5-4-12-28-19)25-11-10-17(15-25)16-6-8-18(27-2)9-7-16/h4-9,12,17H,3,10-11,13-15H2,1-2H3,(H,22,24)(H,23,26). The molecule has 0 spiro atoms. The highest BCUT2D eigenvalue weighted by molar-refractivity contribution is 5.85. The summed E-state index contributed by atoms with van der Waals surface area (Å²) in [5.74, 6) is 2.70. The smallest absolute Gasteiger partial charge is 0.242 e. The van der Waals surface area contributed by atoms with Crippen molar-refractivity contribution >= 4 is 11.9 Å². The van der Waals surface area contributed by atoms with E-state index >= 15 is 0 Å². The molecule has 0 aliphatic carbocycles. The van der Waals surface area contributed by atoms with Crippen LogP contribution in [0, 0.1) is 0 Å². The van der Waals surface area contributed by atoms with Crippen molar-refractivity contribution in [1.29, 1.82) is 0 Å². The lowest BCUT2D eigenvalue weighted by molar-refractivity contribution is -0.119. The second-order valence-corrected chi connectivity index (χ2v) is 6.73. The summed E-state index contributed by atoms with van der Waals surface area (Å²) in [5, 5.41) is 6.12. The van der Waals surface area contributed by atoms with Gasteiger partial charge in [-0.3, -0.25) is 4.79 Å². The summed E-state index contributed by atoms with van der Waals surface area (Å²) >= 11 is 0. The monoisotopic (exact) mass is 384 g/mol. The molecule has 1 aromatic carbocycles. The van der Waals surface area contributed by atoms with Crippen LogP contribution in [-0.2, 0) is 11.3 Å². The minimum atomic E-state index is -0.127. The Morgan fingerprint density at radius 2 is 2.11 bits per heavy atom. The Morgan fingerprint density at radius 1 is 1.29 bits per heavy atom. The number of nitrogens with one attached hydrogen (secondary N) is 2. The van der Waals surface area contributed by atoms with Crippen LogP contribution >= 0.6 is 0 Å². The van der Waals surface area contributed by atoms with Crippen LogP contribution in [0.3, 0.4) is 0 Å². The lowest BCUT2D eigenvalue weighted by Gasteiger charge is -2.21. The number of rotatable bonds is 7. The first-order valence-corrected chi connectivity index (χ1v) is 9.66. The molecule has 7 heteroatoms. The highest BCUT2D eigenvalue weighted by Gasteiger charge is 2.26. The maximum Gasteiger partial charge on any atom is 0.242 e. The third kappa shape index (κ3) is 5.28. The maximum absolute atomic E-state index is 12.1. The van der Waals surface area contributed by atoms with E-state index in [0.717, 1.165) is 43.5 Å². The van der Waals surface area contributed by atoms with Gasteiger partial charge in [-0.05, 0) is 43.2 Å². The van der Waals surface area contributed by atoms with Crippen LogP contribution in [0.25, 0.3) is 0 Å². The highest BCUT2D eigenvalue weighted by Crippen LogP contribution is 2.28. The Morgan fingerprint density at radius 3 is 2.79 bits per heavy atom. The van der Waals surface area contributed by atoms with E-state index in [9.17, 15) is 4.79 Å². The number of likely N-dealkylation sites (tertiary alicyclic amines) is 1. The third-order valence-corrected chi connectivity index (χ3v) is 4.82. The van der Waals surface area contributed by atoms with E-state index in [1.807, 2.05) is 25.1 Å². The molecule has 0 saturated carbocycles. The summed E-state index contributed by atoms with van der Waals surface area (Å²) in [6, 6.07) is 11.9. The van der Waals surface area contributed by atoms with E-state index < -0.39 is 0 Å². The number of hydrogen-bond donors (Lipinski definition) is 2. The topological polar surface area (TPSA) is 79.1 Å². The molecule has 2 N–H and O–H groups in total. The molecule has 2 aromatic rings. The number of nitrogens with zero attached hydrogens (tertiary/aromatic N) is 2. The fourth-order valence-electron chi connectivity index (χ4n) is 3.33. The third-order valence-electron chi connectivity index (χ3n) is 4.82. The largest absolute Gasteiger partial charge is 0.497 e. The fraction of sp³-hybridized carbons (Fsp3) is 0.429. The minimum Gasteiger partial charge on any atom is -0.497 e. The number of methoxy groups -OCH3 is 1. The lowest BCUT2D eigenvalue weighted by Crippen LogP contribution is -2.40. The second-order valence-electron chi connectivity index (χ2n) is 6.73. The first-order chi connectivity index (χ1) is 13.7. The molecule has 1 unspecified atom stereocenters. The Bertz CT molecular complexity index is 771. The maximum atomic E-state index is 12.1. The summed E-state index contributed by atoms with van der Waals surface area (Å²) in [5.41, 5.74) is 1.30. The number of benzene rings is 1. The molecule has 1 aliphatic heterocycles. The van der Waals surface area contributed by atoms with Gasteiger partial charge in [-0.15, -0.1) is 0 Å². The Hall–Kier alpha value is -2.96. The van der Waals surface area contributed by atoms with E-state index in [-0.39, 0.29) is 12.5 Å². The number of carbonyl (C=O) groups excluding carboxylic acids is 1. The number of amides is 1. The van der Waals surface area contributed by atoms with Gasteiger partial charge in [-0.25, -0.2) is 4.99 Å². The zero-order valence-electron chi connectivity index (χ0n) is 16.5. The van der Waals surface area contributed by atoms with Crippen molar-refractivity contribution in [3.63, 3.8) is 0 Å². The molecule has 1 aliphatic rings. The van der Waals surface area contributed by atoms with Crippen LogP contribution in [0.2, 0.25) is 0 Å². The van der Waals surface area contributed by atoms with E-state index in [4.69, 9.17) is 9.15 Å². The SMILES string of the molecule is CCNC(=NCC(=O)NCc1ccco1)N1CCC(c2ccc(OC)cc2)C1. The van der Waals surface area contributed by atoms with Crippen molar-refractivity contribution < 1.29 is 13.9 Å². The molecule has 7 nitrogen and oxygen atoms in total. The quantitative estimate of drug-likeness (QED) is 0.566. The summed E-state index contributed by atoms with van der Waals surface area (Å²) in [7, 11) is 1.68. The molecule has 1 fully saturated rings. The average Bonchev–Trinajstić information content (AvgIpc) is 3.42. The van der Waals surface area contributed by atoms with Crippen molar-refractivity contribution in [2.75, 3.05) is 33.3 Å². The van der Waals surface area contributed by atoms with Gasteiger partial charge in [0, 0.05) is 25.6 Å². The fourth-order valence-corrected chi connectivity index (χ4v) is 3.33. The molecular weight excluding hydrogens is 356 g/mol. The molecule has 150 valence electrons. The van der Waals surface area contributed by atoms with Crippen molar-refractivity contribution in [1.82, 2.24) is 15.5 Å². The molecule has 0 radical (unpaired) electrons. The van der Waals surface area contributed by atoms with Crippen molar-refractivity contribution in [2.24, 2.45) is 4.99 Å². The number of guanidine groups is 1. The first-order valence-electron chi connectivity index (χ1n) is 9.66. The van der Waals surface area contributed by atoms with Gasteiger partial charge in [0.1, 0.15) is 18.1 Å². The van der Waals surface area contributed by atoms with E-state index in [0.29, 0.717) is 12.5 Å². The molecular formula is C21H28N4O3. The highest BCUT2D eigenvalue weighted by atomic mass is 16.5. The lowest BCUT2D eigenvalue weighted by atomic mass is 9.98. The minimum absolute atomic E-state index is 0.0900. The molecule has 2 heterocycles. The molecule has 1 saturated heterocycles. The van der Waals surface area contributed by atoms with Gasteiger partial charge < -0.3 is 24.7 Å². The van der Waals surface area contributed by atoms with Crippen LogP contribution in [0.5, 0.6) is 5.75 Å². The van der Waals surface area contributed by atoms with Gasteiger partial charge in [0.15, 0.2) is 5.96 Å². The number of furan rings is 1. The summed E-state index contributed by atoms with van der Waals surface area (Å²) < 4.78 is 10.5. The van der Waals surface area contributed by atoms with Crippen LogP contribution in [0.1, 0.15) is 30.6 Å². The van der Waals surface area contributed by atoms with Crippen LogP contribution in [0.4, 0.5) is 0 Å². The molecule has 1 amide bonds. The Balaban J connectivity index is 1.55. The van der Waals surface area contributed by atoms with Crippen molar-refractivity contribution in [2.45, 2.75) is 25.8 Å². The summed E-state index contributed by atoms with van der Waals surface area (Å²) in [6.07, 6.45) is 2.65. The zero-order chi connectivity index (χ0) is 19.8. The van der Waals surface area contributed by atoms with Crippen molar-refractivity contribution in [3.8, 4) is 5.75 Å². The van der Waals surface area contributed by atoms with Gasteiger partial charge >= 0.3 is 0 Å². The first kappa shape index (κ1) is 19.8. The van der Waals surface area contributed by atoms with E-state index in [1.165, 1.54) is 5.56 Å². The van der Waals surface area contributed by atoms with Crippen LogP contribution in [0.15, 0.2) is 52.1 Å². The number of hydrogen-bond acceptors (Lipinski definition) is 4. The van der Waals surface area contributed by atoms with Gasteiger partial charge in [-0.2, -0.15) is 0 Å². The Kier molecular flexibility index (Phi) is 6.94. The predicted molar refractivity (Wildman–Crippen MR) is 108 cm³/mol. The molecule has 1 atom stereocenters. The van der Waals surface area contributed by atoms with Crippen molar-refractivity contribution in [3.05, 3.63) is 54.0 Å². The summed E-state index contributed by atoms with van der Waals surface area (Å²) in [6.45, 7) is 5.05. The van der Waals surface area contributed by atoms with Gasteiger partial charge in [0.05, 0.1) is 19.9 Å². The molecule has 3 rings (SSSR count). The Labute approximate surface area is 165 Å². The average molecular weight is 384 g/mol. The van der Waals surface area contributed by atoms with E-state index in [2.05, 4.69) is 32.7 Å². The molecule has 1 aromatic heterocycles. The summed E-state index contributed by atoms with van der Waals surface area (Å²) in [4.78, 5) is 18.8. The predicted octanol–water partition coefficient (Wildman–Crippen LogP) is 2.36. The normalized spacial score (nSPS) is 16.9. The molecule has 28 heavy (non-hydrogen) atoms. The number of ether oxygens (including phenoxy) is 1. The number of carbonyl (C=O) groups is 1. The molecule has 0 bridgehead atoms. The zero-order valence-corrected chi connectivity index (χ0v) is 16.5. The van der Waals surface area contributed by atoms with Crippen LogP contribution < -0.4 is 15.4 Å². The van der Waals surface area contributed by atoms with Gasteiger partial charge in [-0.1, -0.05) is 12.1 Å².